The number of hydrogen-bond donors (Lipinski definition) is 3. The molecule has 2 aromatic carbocycles. The van der Waals surface area contributed by atoms with Crippen LogP contribution in [0, 0.1) is 5.92 Å². The van der Waals surface area contributed by atoms with E-state index in [0.717, 1.165) is 42.4 Å². The molecule has 1 aliphatic carbocycles. The Kier molecular flexibility index (Phi) is 8.46. The third-order valence-electron chi connectivity index (χ3n) is 6.96. The van der Waals surface area contributed by atoms with Crippen molar-refractivity contribution in [3.8, 4) is 0 Å². The van der Waals surface area contributed by atoms with Crippen LogP contribution in [-0.2, 0) is 16.1 Å². The molecule has 36 heavy (non-hydrogen) atoms. The minimum atomic E-state index is -1.19. The molecule has 0 bridgehead atoms. The van der Waals surface area contributed by atoms with E-state index in [4.69, 9.17) is 5.73 Å². The Morgan fingerprint density at radius 1 is 1.03 bits per heavy atom. The Hall–Kier alpha value is -3.55. The van der Waals surface area contributed by atoms with Crippen molar-refractivity contribution in [2.75, 3.05) is 4.90 Å². The highest BCUT2D eigenvalue weighted by molar-refractivity contribution is 5.90. The monoisotopic (exact) mass is 486 g/mol. The van der Waals surface area contributed by atoms with Crippen molar-refractivity contribution in [2.45, 2.75) is 57.3 Å². The van der Waals surface area contributed by atoms with Gasteiger partial charge < -0.3 is 16.2 Å². The van der Waals surface area contributed by atoms with Gasteiger partial charge in [-0.15, -0.1) is 0 Å². The lowest BCUT2D eigenvalue weighted by Crippen LogP contribution is -2.44. The summed E-state index contributed by atoms with van der Waals surface area (Å²) in [6, 6.07) is 22.3. The number of anilines is 1. The molecule has 4 N–H and O–H groups in total. The standard InChI is InChI=1S/C29H34N4O3/c1-20(34)33(26-13-7-8-18-31-26)19-21-14-16-22(17-15-21)24-11-5-6-12-25(24)29(36)32-27(28(30)35)23-9-3-2-4-10-23/h2-4,7-10,13-18,24-25,27-28,35H,5-6,11-12,19,30H2,1H3,(H,32,36)/t24-,25+,27-,28?/m0/s1. The second-order valence-electron chi connectivity index (χ2n) is 9.42. The summed E-state index contributed by atoms with van der Waals surface area (Å²) in [6.45, 7) is 1.96. The summed E-state index contributed by atoms with van der Waals surface area (Å²) in [6.07, 6.45) is 4.25. The fraction of sp³-hybridized carbons (Fsp3) is 0.345. The van der Waals surface area contributed by atoms with Gasteiger partial charge in [-0.05, 0) is 47.6 Å². The summed E-state index contributed by atoms with van der Waals surface area (Å²) < 4.78 is 0. The average Bonchev–Trinajstić information content (AvgIpc) is 2.91. The van der Waals surface area contributed by atoms with Crippen molar-refractivity contribution in [1.29, 1.82) is 0 Å². The minimum Gasteiger partial charge on any atom is -0.376 e. The molecule has 188 valence electrons. The Bertz CT molecular complexity index is 1140. The first-order valence-electron chi connectivity index (χ1n) is 12.5. The van der Waals surface area contributed by atoms with Crippen molar-refractivity contribution < 1.29 is 14.7 Å². The van der Waals surface area contributed by atoms with Gasteiger partial charge in [-0.1, -0.05) is 73.5 Å². The van der Waals surface area contributed by atoms with Crippen LogP contribution >= 0.6 is 0 Å². The molecule has 2 amide bonds. The Balaban J connectivity index is 1.48. The fourth-order valence-corrected chi connectivity index (χ4v) is 5.05. The van der Waals surface area contributed by atoms with Crippen molar-refractivity contribution in [3.63, 3.8) is 0 Å². The van der Waals surface area contributed by atoms with E-state index in [9.17, 15) is 14.7 Å². The zero-order valence-corrected chi connectivity index (χ0v) is 20.6. The van der Waals surface area contributed by atoms with E-state index in [1.807, 2.05) is 60.7 Å². The molecule has 1 aliphatic rings. The van der Waals surface area contributed by atoms with Gasteiger partial charge in [0.1, 0.15) is 12.0 Å². The van der Waals surface area contributed by atoms with E-state index in [-0.39, 0.29) is 23.7 Å². The van der Waals surface area contributed by atoms with Crippen molar-refractivity contribution in [3.05, 3.63) is 95.7 Å². The van der Waals surface area contributed by atoms with Gasteiger partial charge >= 0.3 is 0 Å². The first-order valence-corrected chi connectivity index (χ1v) is 12.5. The molecule has 1 unspecified atom stereocenters. The van der Waals surface area contributed by atoms with Gasteiger partial charge in [-0.2, -0.15) is 0 Å². The number of hydrogen-bond acceptors (Lipinski definition) is 5. The molecule has 1 fully saturated rings. The zero-order chi connectivity index (χ0) is 25.5. The third kappa shape index (κ3) is 6.17. The van der Waals surface area contributed by atoms with Crippen LogP contribution in [0.25, 0.3) is 0 Å². The van der Waals surface area contributed by atoms with Gasteiger partial charge in [0, 0.05) is 19.0 Å². The number of carbonyl (C=O) groups is 2. The predicted molar refractivity (Wildman–Crippen MR) is 140 cm³/mol. The predicted octanol–water partition coefficient (Wildman–Crippen LogP) is 4.04. The van der Waals surface area contributed by atoms with Crippen LogP contribution in [-0.4, -0.2) is 28.1 Å². The number of aromatic nitrogens is 1. The number of nitrogens with zero attached hydrogens (tertiary/aromatic N) is 2. The Labute approximate surface area is 212 Å². The van der Waals surface area contributed by atoms with Gasteiger partial charge in [0.15, 0.2) is 0 Å². The summed E-state index contributed by atoms with van der Waals surface area (Å²) in [7, 11) is 0. The first-order chi connectivity index (χ1) is 17.4. The van der Waals surface area contributed by atoms with Crippen LogP contribution in [0.3, 0.4) is 0 Å². The number of nitrogens with one attached hydrogen (secondary N) is 1. The number of benzene rings is 2. The van der Waals surface area contributed by atoms with Crippen LogP contribution < -0.4 is 16.0 Å². The third-order valence-corrected chi connectivity index (χ3v) is 6.96. The SMILES string of the molecule is CC(=O)N(Cc1ccc([C@@H]2CCCC[C@H]2C(=O)N[C@@H](c2ccccc2)C(N)O)cc1)c1ccccn1. The van der Waals surface area contributed by atoms with Crippen LogP contribution in [0.4, 0.5) is 5.82 Å². The lowest BCUT2D eigenvalue weighted by Gasteiger charge is -2.33. The summed E-state index contributed by atoms with van der Waals surface area (Å²) in [5.41, 5.74) is 8.70. The van der Waals surface area contributed by atoms with Crippen LogP contribution in [0.15, 0.2) is 79.0 Å². The number of aliphatic hydroxyl groups excluding tert-OH is 1. The molecule has 7 nitrogen and oxygen atoms in total. The van der Waals surface area contributed by atoms with E-state index in [1.54, 1.807) is 11.1 Å². The topological polar surface area (TPSA) is 109 Å². The molecular formula is C29H34N4O3. The molecule has 1 saturated carbocycles. The van der Waals surface area contributed by atoms with E-state index in [2.05, 4.69) is 22.4 Å². The van der Waals surface area contributed by atoms with E-state index in [1.165, 1.54) is 6.92 Å². The minimum absolute atomic E-state index is 0.0724. The Morgan fingerprint density at radius 2 is 1.72 bits per heavy atom. The first kappa shape index (κ1) is 25.5. The second kappa shape index (κ2) is 11.9. The lowest BCUT2D eigenvalue weighted by molar-refractivity contribution is -0.128. The molecular weight excluding hydrogens is 452 g/mol. The quantitative estimate of drug-likeness (QED) is 0.417. The maximum absolute atomic E-state index is 13.4. The van der Waals surface area contributed by atoms with Gasteiger partial charge in [0.2, 0.25) is 11.8 Å². The smallest absolute Gasteiger partial charge is 0.225 e. The zero-order valence-electron chi connectivity index (χ0n) is 20.6. The fourth-order valence-electron chi connectivity index (χ4n) is 5.05. The maximum atomic E-state index is 13.4. The van der Waals surface area contributed by atoms with Gasteiger partial charge in [0.25, 0.3) is 0 Å². The number of nitrogens with two attached hydrogens (primary N) is 1. The molecule has 0 saturated heterocycles. The van der Waals surface area contributed by atoms with Crippen LogP contribution in [0.2, 0.25) is 0 Å². The molecule has 0 aliphatic heterocycles. The number of pyridine rings is 1. The normalized spacial score (nSPS) is 19.2. The van der Waals surface area contributed by atoms with Gasteiger partial charge in [0.05, 0.1) is 12.6 Å². The highest BCUT2D eigenvalue weighted by atomic mass is 16.3. The van der Waals surface area contributed by atoms with Crippen molar-refractivity contribution in [1.82, 2.24) is 10.3 Å². The largest absolute Gasteiger partial charge is 0.376 e. The number of rotatable bonds is 8. The van der Waals surface area contributed by atoms with Gasteiger partial charge in [-0.3, -0.25) is 14.5 Å². The molecule has 1 heterocycles. The van der Waals surface area contributed by atoms with Crippen LogP contribution in [0.1, 0.15) is 61.3 Å². The molecule has 4 rings (SSSR count). The molecule has 0 spiro atoms. The van der Waals surface area contributed by atoms with Crippen molar-refractivity contribution in [2.24, 2.45) is 11.7 Å². The number of carbonyl (C=O) groups excluding carboxylic acids is 2. The molecule has 0 radical (unpaired) electrons. The summed E-state index contributed by atoms with van der Waals surface area (Å²) in [5.74, 6) is 0.348. The number of amides is 2. The molecule has 1 aromatic heterocycles. The van der Waals surface area contributed by atoms with Crippen LogP contribution in [0.5, 0.6) is 0 Å². The molecule has 3 aromatic rings. The summed E-state index contributed by atoms with van der Waals surface area (Å²) >= 11 is 0. The summed E-state index contributed by atoms with van der Waals surface area (Å²) in [4.78, 5) is 31.6. The maximum Gasteiger partial charge on any atom is 0.225 e. The van der Waals surface area contributed by atoms with E-state index >= 15 is 0 Å². The molecule has 7 heteroatoms. The van der Waals surface area contributed by atoms with Gasteiger partial charge in [-0.25, -0.2) is 4.98 Å². The highest BCUT2D eigenvalue weighted by Crippen LogP contribution is 2.38. The van der Waals surface area contributed by atoms with E-state index < -0.39 is 12.3 Å². The average molecular weight is 487 g/mol. The van der Waals surface area contributed by atoms with E-state index in [0.29, 0.717) is 12.4 Å². The van der Waals surface area contributed by atoms with Crippen molar-refractivity contribution >= 4 is 17.6 Å². The Morgan fingerprint density at radius 3 is 2.36 bits per heavy atom. The highest BCUT2D eigenvalue weighted by Gasteiger charge is 2.34. The number of aliphatic hydroxyl groups is 1. The summed E-state index contributed by atoms with van der Waals surface area (Å²) in [5, 5.41) is 13.2. The second-order valence-corrected chi connectivity index (χ2v) is 9.42. The lowest BCUT2D eigenvalue weighted by atomic mass is 9.74. The molecule has 4 atom stereocenters.